The molecule has 2 aromatic carbocycles. The number of rotatable bonds is 3. The number of nitrogens with zero attached hydrogens (tertiary/aromatic N) is 2. The summed E-state index contributed by atoms with van der Waals surface area (Å²) >= 11 is 0. The Labute approximate surface area is 157 Å². The molecule has 0 N–H and O–H groups in total. The molecule has 2 aliphatic heterocycles. The fourth-order valence-corrected chi connectivity index (χ4v) is 4.03. The van der Waals surface area contributed by atoms with E-state index in [1.165, 1.54) is 11.1 Å². The van der Waals surface area contributed by atoms with Crippen LogP contribution in [0.1, 0.15) is 33.2 Å². The summed E-state index contributed by atoms with van der Waals surface area (Å²) in [5.41, 5.74) is 5.08. The van der Waals surface area contributed by atoms with E-state index < -0.39 is 0 Å². The number of hydrogen-bond acceptors (Lipinski definition) is 5. The van der Waals surface area contributed by atoms with Gasteiger partial charge in [-0.25, -0.2) is 9.78 Å². The van der Waals surface area contributed by atoms with Gasteiger partial charge in [0.2, 0.25) is 0 Å². The number of hydrogen-bond donors (Lipinski definition) is 0. The Balaban J connectivity index is 1.47. The molecule has 136 valence electrons. The van der Waals surface area contributed by atoms with Crippen LogP contribution in [0, 0.1) is 0 Å². The fraction of sp³-hybridized carbons (Fsp3) is 0.273. The average molecular weight is 360 g/mol. The van der Waals surface area contributed by atoms with Crippen molar-refractivity contribution in [3.8, 4) is 0 Å². The van der Waals surface area contributed by atoms with Crippen molar-refractivity contribution in [3.05, 3.63) is 70.8 Å². The number of carbonyl (C=O) groups excluding carboxylic acids is 1. The SMILES string of the molecule is COCC1OC(=O)c2cc3c(cc21)CCN(c1ccc2ccccc2n1)C3. The van der Waals surface area contributed by atoms with E-state index in [1.807, 2.05) is 24.3 Å². The second-order valence-electron chi connectivity index (χ2n) is 7.09. The minimum atomic E-state index is -0.289. The summed E-state index contributed by atoms with van der Waals surface area (Å²) in [5, 5.41) is 1.14. The summed E-state index contributed by atoms with van der Waals surface area (Å²) in [6.07, 6.45) is 0.633. The van der Waals surface area contributed by atoms with E-state index in [1.54, 1.807) is 7.11 Å². The number of pyridine rings is 1. The number of benzene rings is 2. The summed E-state index contributed by atoms with van der Waals surface area (Å²) in [6.45, 7) is 2.04. The van der Waals surface area contributed by atoms with Gasteiger partial charge in [0.25, 0.3) is 0 Å². The monoisotopic (exact) mass is 360 g/mol. The van der Waals surface area contributed by atoms with Crippen LogP contribution in [0.5, 0.6) is 0 Å². The number of carbonyl (C=O) groups is 1. The molecule has 0 fully saturated rings. The van der Waals surface area contributed by atoms with Gasteiger partial charge in [0.05, 0.1) is 17.7 Å². The van der Waals surface area contributed by atoms with E-state index in [9.17, 15) is 4.79 Å². The molecule has 3 heterocycles. The molecule has 27 heavy (non-hydrogen) atoms. The maximum absolute atomic E-state index is 12.2. The normalized spacial score (nSPS) is 18.3. The number of esters is 1. The predicted molar refractivity (Wildman–Crippen MR) is 103 cm³/mol. The third-order valence-electron chi connectivity index (χ3n) is 5.43. The van der Waals surface area contributed by atoms with Crippen LogP contribution in [-0.2, 0) is 22.4 Å². The second kappa shape index (κ2) is 6.35. The topological polar surface area (TPSA) is 51.7 Å². The van der Waals surface area contributed by atoms with Gasteiger partial charge >= 0.3 is 5.97 Å². The van der Waals surface area contributed by atoms with Gasteiger partial charge in [-0.2, -0.15) is 0 Å². The zero-order chi connectivity index (χ0) is 18.4. The largest absolute Gasteiger partial charge is 0.451 e. The number of methoxy groups -OCH3 is 1. The van der Waals surface area contributed by atoms with Crippen LogP contribution in [0.25, 0.3) is 10.9 Å². The number of cyclic esters (lactones) is 1. The van der Waals surface area contributed by atoms with Crippen molar-refractivity contribution in [2.45, 2.75) is 19.1 Å². The predicted octanol–water partition coefficient (Wildman–Crippen LogP) is 3.66. The molecule has 3 aromatic rings. The zero-order valence-electron chi connectivity index (χ0n) is 15.1. The highest BCUT2D eigenvalue weighted by atomic mass is 16.6. The number of aromatic nitrogens is 1. The molecule has 1 aromatic heterocycles. The van der Waals surface area contributed by atoms with Gasteiger partial charge in [-0.15, -0.1) is 0 Å². The van der Waals surface area contributed by atoms with Crippen molar-refractivity contribution < 1.29 is 14.3 Å². The van der Waals surface area contributed by atoms with E-state index in [0.717, 1.165) is 41.8 Å². The number of ether oxygens (including phenoxy) is 2. The second-order valence-corrected chi connectivity index (χ2v) is 7.09. The maximum atomic E-state index is 12.2. The summed E-state index contributed by atoms with van der Waals surface area (Å²) < 4.78 is 10.7. The summed E-state index contributed by atoms with van der Waals surface area (Å²) in [5.74, 6) is 0.718. The van der Waals surface area contributed by atoms with Crippen LogP contribution in [-0.4, -0.2) is 31.2 Å². The molecule has 5 nitrogen and oxygen atoms in total. The number of para-hydroxylation sites is 1. The molecule has 2 aliphatic rings. The molecule has 0 bridgehead atoms. The van der Waals surface area contributed by atoms with Crippen LogP contribution < -0.4 is 4.90 Å². The molecule has 0 spiro atoms. The van der Waals surface area contributed by atoms with Gasteiger partial charge in [0.15, 0.2) is 6.10 Å². The van der Waals surface area contributed by atoms with Gasteiger partial charge in [-0.3, -0.25) is 0 Å². The molecule has 1 atom stereocenters. The van der Waals surface area contributed by atoms with Gasteiger partial charge in [-0.05, 0) is 41.8 Å². The van der Waals surface area contributed by atoms with Crippen LogP contribution in [0.15, 0.2) is 48.5 Å². The Kier molecular flexibility index (Phi) is 3.83. The lowest BCUT2D eigenvalue weighted by atomic mass is 9.92. The minimum Gasteiger partial charge on any atom is -0.451 e. The Bertz CT molecular complexity index is 1050. The van der Waals surface area contributed by atoms with Crippen molar-refractivity contribution >= 4 is 22.7 Å². The van der Waals surface area contributed by atoms with E-state index in [4.69, 9.17) is 14.5 Å². The molecule has 5 heteroatoms. The van der Waals surface area contributed by atoms with Gasteiger partial charge < -0.3 is 14.4 Å². The minimum absolute atomic E-state index is 0.254. The van der Waals surface area contributed by atoms with Gasteiger partial charge in [0.1, 0.15) is 5.82 Å². The lowest BCUT2D eigenvalue weighted by Crippen LogP contribution is -2.31. The number of anilines is 1. The lowest BCUT2D eigenvalue weighted by molar-refractivity contribution is 0.0152. The first-order valence-electron chi connectivity index (χ1n) is 9.19. The first-order valence-corrected chi connectivity index (χ1v) is 9.19. The van der Waals surface area contributed by atoms with E-state index in [-0.39, 0.29) is 12.1 Å². The molecule has 1 unspecified atom stereocenters. The lowest BCUT2D eigenvalue weighted by Gasteiger charge is -2.30. The van der Waals surface area contributed by atoms with Crippen molar-refractivity contribution in [2.75, 3.05) is 25.2 Å². The Morgan fingerprint density at radius 3 is 2.96 bits per heavy atom. The summed E-state index contributed by atoms with van der Waals surface area (Å²) in [7, 11) is 1.62. The van der Waals surface area contributed by atoms with Crippen molar-refractivity contribution in [1.82, 2.24) is 4.98 Å². The number of fused-ring (bicyclic) bond motifs is 3. The maximum Gasteiger partial charge on any atom is 0.339 e. The Morgan fingerprint density at radius 2 is 2.07 bits per heavy atom. The molecule has 0 aliphatic carbocycles. The third kappa shape index (κ3) is 2.75. The molecule has 0 amide bonds. The van der Waals surface area contributed by atoms with Crippen molar-refractivity contribution in [2.24, 2.45) is 0 Å². The fourth-order valence-electron chi connectivity index (χ4n) is 4.03. The van der Waals surface area contributed by atoms with E-state index in [2.05, 4.69) is 29.2 Å². The first-order chi connectivity index (χ1) is 13.2. The third-order valence-corrected chi connectivity index (χ3v) is 5.43. The highest BCUT2D eigenvalue weighted by Gasteiger charge is 2.33. The molecular formula is C22H20N2O3. The smallest absolute Gasteiger partial charge is 0.339 e. The van der Waals surface area contributed by atoms with Gasteiger partial charge in [0, 0.05) is 31.1 Å². The summed E-state index contributed by atoms with van der Waals surface area (Å²) in [6, 6.07) is 16.5. The Morgan fingerprint density at radius 1 is 1.19 bits per heavy atom. The quantitative estimate of drug-likeness (QED) is 0.667. The van der Waals surface area contributed by atoms with Crippen LogP contribution in [0.3, 0.4) is 0 Å². The summed E-state index contributed by atoms with van der Waals surface area (Å²) in [4.78, 5) is 19.3. The van der Waals surface area contributed by atoms with Crippen molar-refractivity contribution in [1.29, 1.82) is 0 Å². The molecular weight excluding hydrogens is 340 g/mol. The Hall–Kier alpha value is -2.92. The van der Waals surface area contributed by atoms with E-state index >= 15 is 0 Å². The van der Waals surface area contributed by atoms with Crippen LogP contribution in [0.2, 0.25) is 0 Å². The molecule has 5 rings (SSSR count). The molecule has 0 radical (unpaired) electrons. The highest BCUT2D eigenvalue weighted by Crippen LogP contribution is 2.35. The van der Waals surface area contributed by atoms with Crippen molar-refractivity contribution in [3.63, 3.8) is 0 Å². The highest BCUT2D eigenvalue weighted by molar-refractivity contribution is 5.94. The molecule has 0 saturated carbocycles. The van der Waals surface area contributed by atoms with Crippen LogP contribution >= 0.6 is 0 Å². The first kappa shape index (κ1) is 16.3. The van der Waals surface area contributed by atoms with E-state index in [0.29, 0.717) is 12.2 Å². The average Bonchev–Trinajstić information content (AvgIpc) is 3.00. The zero-order valence-corrected chi connectivity index (χ0v) is 15.1. The van der Waals surface area contributed by atoms with Gasteiger partial charge in [-0.1, -0.05) is 24.3 Å². The molecule has 0 saturated heterocycles. The van der Waals surface area contributed by atoms with Crippen LogP contribution in [0.4, 0.5) is 5.82 Å². The standard InChI is InChI=1S/C22H20N2O3/c1-26-13-20-17-10-15-8-9-24(12-16(15)11-18(17)22(25)27-20)21-7-6-14-4-2-3-5-19(14)23-21/h2-7,10-11,20H,8-9,12-13H2,1H3.